The second-order valence-electron chi connectivity index (χ2n) is 3.75. The molecule has 3 N–H and O–H groups in total. The summed E-state index contributed by atoms with van der Waals surface area (Å²) in [4.78, 5) is 4.21. The normalized spacial score (nSPS) is 12.1. The molecule has 0 saturated heterocycles. The van der Waals surface area contributed by atoms with Crippen molar-refractivity contribution in [3.05, 3.63) is 54.2 Å². The third-order valence-electron chi connectivity index (χ3n) is 2.45. The minimum absolute atomic E-state index is 0.234. The lowest BCUT2D eigenvalue weighted by atomic mass is 10.1. The van der Waals surface area contributed by atoms with Crippen molar-refractivity contribution >= 4 is 11.5 Å². The molecule has 16 heavy (non-hydrogen) atoms. The van der Waals surface area contributed by atoms with Crippen molar-refractivity contribution < 1.29 is 0 Å². The van der Waals surface area contributed by atoms with Crippen LogP contribution in [-0.4, -0.2) is 4.98 Å². The maximum atomic E-state index is 5.58. The van der Waals surface area contributed by atoms with Crippen LogP contribution in [-0.2, 0) is 0 Å². The molecule has 1 atom stereocenters. The first-order valence-electron chi connectivity index (χ1n) is 5.29. The second kappa shape index (κ2) is 4.66. The summed E-state index contributed by atoms with van der Waals surface area (Å²) in [5, 5.41) is 3.32. The van der Waals surface area contributed by atoms with Crippen LogP contribution in [0.5, 0.6) is 0 Å². The van der Waals surface area contributed by atoms with Gasteiger partial charge in [0.15, 0.2) is 0 Å². The molecule has 0 bridgehead atoms. The fourth-order valence-corrected chi connectivity index (χ4v) is 1.54. The smallest absolute Gasteiger partial charge is 0.126 e. The topological polar surface area (TPSA) is 50.9 Å². The molecule has 82 valence electrons. The molecule has 0 fully saturated rings. The van der Waals surface area contributed by atoms with Crippen molar-refractivity contribution in [2.75, 3.05) is 11.1 Å². The van der Waals surface area contributed by atoms with Crippen LogP contribution < -0.4 is 11.1 Å². The SMILES string of the molecule is C[C@@H](Nc1ccc(N)cn1)c1ccccc1. The molecule has 2 aromatic rings. The predicted molar refractivity (Wildman–Crippen MR) is 67.1 cm³/mol. The predicted octanol–water partition coefficient (Wildman–Crippen LogP) is 2.84. The van der Waals surface area contributed by atoms with E-state index in [0.29, 0.717) is 5.69 Å². The first-order chi connectivity index (χ1) is 7.75. The van der Waals surface area contributed by atoms with Gasteiger partial charge in [0, 0.05) is 6.04 Å². The highest BCUT2D eigenvalue weighted by molar-refractivity contribution is 5.45. The number of nitrogen functional groups attached to an aromatic ring is 1. The summed E-state index contributed by atoms with van der Waals surface area (Å²) in [6.45, 7) is 2.10. The summed E-state index contributed by atoms with van der Waals surface area (Å²) in [5.41, 5.74) is 7.49. The van der Waals surface area contributed by atoms with Gasteiger partial charge in [-0.3, -0.25) is 0 Å². The second-order valence-corrected chi connectivity index (χ2v) is 3.75. The third kappa shape index (κ3) is 2.51. The van der Waals surface area contributed by atoms with E-state index in [-0.39, 0.29) is 6.04 Å². The summed E-state index contributed by atoms with van der Waals surface area (Å²) in [6, 6.07) is 14.2. The molecule has 0 aliphatic rings. The molecule has 0 unspecified atom stereocenters. The van der Waals surface area contributed by atoms with E-state index in [4.69, 9.17) is 5.73 Å². The van der Waals surface area contributed by atoms with E-state index in [2.05, 4.69) is 29.4 Å². The minimum Gasteiger partial charge on any atom is -0.397 e. The number of pyridine rings is 1. The van der Waals surface area contributed by atoms with Gasteiger partial charge in [0.1, 0.15) is 5.82 Å². The molecule has 1 aromatic carbocycles. The van der Waals surface area contributed by atoms with Crippen LogP contribution >= 0.6 is 0 Å². The van der Waals surface area contributed by atoms with Crippen LogP contribution in [0.15, 0.2) is 48.7 Å². The lowest BCUT2D eigenvalue weighted by molar-refractivity contribution is 0.875. The molecule has 0 aliphatic heterocycles. The summed E-state index contributed by atoms with van der Waals surface area (Å²) >= 11 is 0. The number of nitrogens with one attached hydrogen (secondary N) is 1. The van der Waals surface area contributed by atoms with Crippen LogP contribution in [0.2, 0.25) is 0 Å². The molecule has 0 aliphatic carbocycles. The van der Waals surface area contributed by atoms with Crippen molar-refractivity contribution in [3.63, 3.8) is 0 Å². The molecule has 0 radical (unpaired) electrons. The average Bonchev–Trinajstić information content (AvgIpc) is 2.33. The fraction of sp³-hybridized carbons (Fsp3) is 0.154. The number of hydrogen-bond acceptors (Lipinski definition) is 3. The molecule has 1 aromatic heterocycles. The Morgan fingerprint density at radius 2 is 1.88 bits per heavy atom. The summed E-state index contributed by atoms with van der Waals surface area (Å²) < 4.78 is 0. The fourth-order valence-electron chi connectivity index (χ4n) is 1.54. The number of anilines is 2. The number of benzene rings is 1. The van der Waals surface area contributed by atoms with Crippen molar-refractivity contribution in [1.29, 1.82) is 0 Å². The Morgan fingerprint density at radius 3 is 2.50 bits per heavy atom. The molecule has 0 amide bonds. The summed E-state index contributed by atoms with van der Waals surface area (Å²) in [5.74, 6) is 0.838. The van der Waals surface area contributed by atoms with Crippen LogP contribution in [0.3, 0.4) is 0 Å². The Kier molecular flexibility index (Phi) is 3.05. The quantitative estimate of drug-likeness (QED) is 0.824. The Hall–Kier alpha value is -2.03. The van der Waals surface area contributed by atoms with E-state index in [0.717, 1.165) is 5.82 Å². The van der Waals surface area contributed by atoms with Crippen LogP contribution in [0.1, 0.15) is 18.5 Å². The van der Waals surface area contributed by atoms with Gasteiger partial charge in [0.2, 0.25) is 0 Å². The van der Waals surface area contributed by atoms with Gasteiger partial charge in [0.25, 0.3) is 0 Å². The molecule has 3 heteroatoms. The van der Waals surface area contributed by atoms with E-state index in [1.165, 1.54) is 5.56 Å². The molecule has 0 spiro atoms. The van der Waals surface area contributed by atoms with E-state index < -0.39 is 0 Å². The van der Waals surface area contributed by atoms with Crippen molar-refractivity contribution in [2.24, 2.45) is 0 Å². The highest BCUT2D eigenvalue weighted by atomic mass is 15.0. The van der Waals surface area contributed by atoms with E-state index in [1.54, 1.807) is 6.20 Å². The Bertz CT molecular complexity index is 436. The monoisotopic (exact) mass is 213 g/mol. The number of hydrogen-bond donors (Lipinski definition) is 2. The average molecular weight is 213 g/mol. The van der Waals surface area contributed by atoms with Crippen molar-refractivity contribution in [2.45, 2.75) is 13.0 Å². The number of rotatable bonds is 3. The Morgan fingerprint density at radius 1 is 1.12 bits per heavy atom. The lowest BCUT2D eigenvalue weighted by Crippen LogP contribution is -2.07. The van der Waals surface area contributed by atoms with Gasteiger partial charge in [-0.05, 0) is 24.6 Å². The third-order valence-corrected chi connectivity index (χ3v) is 2.45. The standard InChI is InChI=1S/C13H15N3/c1-10(11-5-3-2-4-6-11)16-13-8-7-12(14)9-15-13/h2-10H,14H2,1H3,(H,15,16)/t10-/m1/s1. The minimum atomic E-state index is 0.234. The summed E-state index contributed by atoms with van der Waals surface area (Å²) in [7, 11) is 0. The highest BCUT2D eigenvalue weighted by Gasteiger charge is 2.04. The number of aromatic nitrogens is 1. The van der Waals surface area contributed by atoms with E-state index in [9.17, 15) is 0 Å². The zero-order chi connectivity index (χ0) is 11.4. The lowest BCUT2D eigenvalue weighted by Gasteiger charge is -2.14. The van der Waals surface area contributed by atoms with Crippen LogP contribution in [0.25, 0.3) is 0 Å². The maximum absolute atomic E-state index is 5.58. The largest absolute Gasteiger partial charge is 0.397 e. The van der Waals surface area contributed by atoms with Crippen molar-refractivity contribution in [1.82, 2.24) is 4.98 Å². The van der Waals surface area contributed by atoms with Gasteiger partial charge < -0.3 is 11.1 Å². The van der Waals surface area contributed by atoms with Gasteiger partial charge in [-0.2, -0.15) is 0 Å². The number of nitrogens with two attached hydrogens (primary N) is 1. The summed E-state index contributed by atoms with van der Waals surface area (Å²) in [6.07, 6.45) is 1.65. The molecule has 1 heterocycles. The van der Waals surface area contributed by atoms with Gasteiger partial charge in [-0.15, -0.1) is 0 Å². The van der Waals surface area contributed by atoms with E-state index >= 15 is 0 Å². The Balaban J connectivity index is 2.08. The molecular formula is C13H15N3. The number of nitrogens with zero attached hydrogens (tertiary/aromatic N) is 1. The molecule has 0 saturated carbocycles. The zero-order valence-corrected chi connectivity index (χ0v) is 9.22. The van der Waals surface area contributed by atoms with Gasteiger partial charge in [0.05, 0.1) is 11.9 Å². The molecule has 2 rings (SSSR count). The first-order valence-corrected chi connectivity index (χ1v) is 5.29. The van der Waals surface area contributed by atoms with Crippen LogP contribution in [0.4, 0.5) is 11.5 Å². The first kappa shape index (κ1) is 10.5. The maximum Gasteiger partial charge on any atom is 0.126 e. The van der Waals surface area contributed by atoms with Crippen LogP contribution in [0, 0.1) is 0 Å². The van der Waals surface area contributed by atoms with Gasteiger partial charge in [-0.25, -0.2) is 4.98 Å². The Labute approximate surface area is 95.3 Å². The zero-order valence-electron chi connectivity index (χ0n) is 9.22. The van der Waals surface area contributed by atoms with Gasteiger partial charge >= 0.3 is 0 Å². The highest BCUT2D eigenvalue weighted by Crippen LogP contribution is 2.17. The van der Waals surface area contributed by atoms with Crippen molar-refractivity contribution in [3.8, 4) is 0 Å². The van der Waals surface area contributed by atoms with Gasteiger partial charge in [-0.1, -0.05) is 30.3 Å². The molecular weight excluding hydrogens is 198 g/mol. The molecule has 3 nitrogen and oxygen atoms in total. The van der Waals surface area contributed by atoms with E-state index in [1.807, 2.05) is 30.3 Å².